The van der Waals surface area contributed by atoms with Crippen LogP contribution >= 0.6 is 11.6 Å². The molecule has 0 saturated heterocycles. The van der Waals surface area contributed by atoms with E-state index in [0.29, 0.717) is 39.8 Å². The molecule has 0 aliphatic heterocycles. The molecule has 6 rings (SSSR count). The molecule has 5 aromatic carbocycles. The molecule has 6 aromatic rings. The second-order valence-electron chi connectivity index (χ2n) is 12.3. The number of carbonyl (C=O) groups excluding carboxylic acids is 2. The number of carbonyl (C=O) groups is 3. The zero-order valence-electron chi connectivity index (χ0n) is 29.0. The molecule has 0 aliphatic carbocycles. The quantitative estimate of drug-likeness (QED) is 0.162. The lowest BCUT2D eigenvalue weighted by atomic mass is 9.97. The molecule has 0 spiro atoms. The minimum atomic E-state index is -4.45. The van der Waals surface area contributed by atoms with Gasteiger partial charge in [0.25, 0.3) is 5.91 Å². The third-order valence-corrected chi connectivity index (χ3v) is 9.14. The Bertz CT molecular complexity index is 2240. The number of carboxylic acid groups (broad SMARTS) is 1. The zero-order chi connectivity index (χ0) is 38.4. The first-order chi connectivity index (χ1) is 25.2. The van der Waals surface area contributed by atoms with E-state index in [-0.39, 0.29) is 22.5 Å². The highest BCUT2D eigenvalue weighted by atomic mass is 35.5. The summed E-state index contributed by atoms with van der Waals surface area (Å²) in [6.07, 6.45) is -4.45. The van der Waals surface area contributed by atoms with Crippen molar-refractivity contribution in [2.75, 3.05) is 19.0 Å². The molecule has 53 heavy (non-hydrogen) atoms. The number of fused-ring (bicyclic) bond motifs is 1. The molecular formula is C41H36ClF3N4O4. The minimum absolute atomic E-state index is 0.0598. The van der Waals surface area contributed by atoms with E-state index >= 15 is 0 Å². The highest BCUT2D eigenvalue weighted by Crippen LogP contribution is 2.35. The molecule has 0 saturated carbocycles. The predicted molar refractivity (Wildman–Crippen MR) is 201 cm³/mol. The first-order valence-electron chi connectivity index (χ1n) is 16.3. The number of nitrogens with zero attached hydrogens (tertiary/aromatic N) is 3. The molecule has 272 valence electrons. The van der Waals surface area contributed by atoms with E-state index < -0.39 is 23.8 Å². The smallest absolute Gasteiger partial charge is 0.416 e. The number of benzene rings is 5. The standard InChI is InChI=1S/C25H18ClF3N2O3.C16H18N2O/c1-30(16-11-12-20-19(13-16)21(26)22(24(33)34)31(20)2)23(32)18-6-4-3-5-17(18)14-7-9-15(10-8-14)25(27,28)29;1-18(12-13-8-4-2-5-9-13)16(19)15(17)14-10-6-3-7-11-14/h3-13H,1-2H3,(H,33,34);2-11,15H,12,17H2,1H3. The molecule has 12 heteroatoms. The van der Waals surface area contributed by atoms with Crippen molar-refractivity contribution in [3.63, 3.8) is 0 Å². The summed E-state index contributed by atoms with van der Waals surface area (Å²) in [5, 5.41) is 9.98. The molecule has 0 aliphatic rings. The number of carboxylic acids is 1. The van der Waals surface area contributed by atoms with E-state index in [1.807, 2.05) is 60.7 Å². The fourth-order valence-corrected chi connectivity index (χ4v) is 6.23. The van der Waals surface area contributed by atoms with Crippen LogP contribution in [-0.4, -0.2) is 46.5 Å². The number of rotatable bonds is 8. The summed E-state index contributed by atoms with van der Waals surface area (Å²) in [6.45, 7) is 0.570. The number of amides is 2. The molecule has 1 atom stereocenters. The van der Waals surface area contributed by atoms with Gasteiger partial charge in [0.15, 0.2) is 0 Å². The van der Waals surface area contributed by atoms with E-state index in [9.17, 15) is 32.7 Å². The fourth-order valence-electron chi connectivity index (χ4n) is 5.87. The number of halogens is 4. The van der Waals surface area contributed by atoms with Crippen LogP contribution in [0.25, 0.3) is 22.0 Å². The molecule has 1 aromatic heterocycles. The second-order valence-corrected chi connectivity index (χ2v) is 12.7. The largest absolute Gasteiger partial charge is 0.477 e. The Balaban J connectivity index is 0.000000241. The molecule has 2 amide bonds. The van der Waals surface area contributed by atoms with Gasteiger partial charge in [0.1, 0.15) is 11.7 Å². The molecular weight excluding hydrogens is 705 g/mol. The molecule has 0 radical (unpaired) electrons. The number of anilines is 1. The number of aryl methyl sites for hydroxylation is 1. The molecule has 0 bridgehead atoms. The van der Waals surface area contributed by atoms with Crippen molar-refractivity contribution in [3.05, 3.63) is 160 Å². The van der Waals surface area contributed by atoms with Crippen molar-refractivity contribution < 1.29 is 32.7 Å². The summed E-state index contributed by atoms with van der Waals surface area (Å²) in [5.41, 5.74) is 9.43. The average molecular weight is 741 g/mol. The Morgan fingerprint density at radius 2 is 1.42 bits per heavy atom. The van der Waals surface area contributed by atoms with Crippen molar-refractivity contribution in [1.29, 1.82) is 0 Å². The lowest BCUT2D eigenvalue weighted by Crippen LogP contribution is -2.35. The normalized spacial score (nSPS) is 11.7. The Hall–Kier alpha value is -5.91. The topological polar surface area (TPSA) is 109 Å². The zero-order valence-corrected chi connectivity index (χ0v) is 29.8. The van der Waals surface area contributed by atoms with Gasteiger partial charge in [0.05, 0.1) is 16.1 Å². The maximum Gasteiger partial charge on any atom is 0.416 e. The van der Waals surface area contributed by atoms with Crippen LogP contribution in [0, 0.1) is 0 Å². The summed E-state index contributed by atoms with van der Waals surface area (Å²) in [5.74, 6) is -1.63. The second kappa shape index (κ2) is 16.2. The predicted octanol–water partition coefficient (Wildman–Crippen LogP) is 8.84. The van der Waals surface area contributed by atoms with Crippen LogP contribution in [0.2, 0.25) is 5.02 Å². The number of likely N-dealkylation sites (N-methyl/N-ethyl adjacent to an activating group) is 1. The Labute approximate surface area is 309 Å². The minimum Gasteiger partial charge on any atom is -0.477 e. The Morgan fingerprint density at radius 1 is 0.830 bits per heavy atom. The number of aromatic carboxylic acids is 1. The summed E-state index contributed by atoms with van der Waals surface area (Å²) in [6, 6.07) is 34.9. The van der Waals surface area contributed by atoms with Gasteiger partial charge in [0.2, 0.25) is 5.91 Å². The number of hydrogen-bond acceptors (Lipinski definition) is 4. The SMILES string of the molecule is CN(C(=O)c1ccccc1-c1ccc(C(F)(F)F)cc1)c1ccc2c(c1)c(Cl)c(C(=O)O)n2C.CN(Cc1ccccc1)C(=O)C(N)c1ccccc1. The first-order valence-corrected chi connectivity index (χ1v) is 16.7. The summed E-state index contributed by atoms with van der Waals surface area (Å²) < 4.78 is 40.3. The molecule has 0 fully saturated rings. The van der Waals surface area contributed by atoms with Crippen molar-refractivity contribution in [3.8, 4) is 11.1 Å². The Kier molecular flexibility index (Phi) is 11.7. The van der Waals surface area contributed by atoms with Gasteiger partial charge in [-0.1, -0.05) is 103 Å². The lowest BCUT2D eigenvalue weighted by Gasteiger charge is -2.21. The summed E-state index contributed by atoms with van der Waals surface area (Å²) in [7, 11) is 4.92. The van der Waals surface area contributed by atoms with Gasteiger partial charge in [-0.25, -0.2) is 4.79 Å². The first kappa shape index (κ1) is 38.3. The average Bonchev–Trinajstić information content (AvgIpc) is 3.42. The number of alkyl halides is 3. The van der Waals surface area contributed by atoms with E-state index in [4.69, 9.17) is 17.3 Å². The monoisotopic (exact) mass is 740 g/mol. The van der Waals surface area contributed by atoms with Gasteiger partial charge in [0, 0.05) is 44.3 Å². The highest BCUT2D eigenvalue weighted by molar-refractivity contribution is 6.38. The summed E-state index contributed by atoms with van der Waals surface area (Å²) in [4.78, 5) is 40.2. The van der Waals surface area contributed by atoms with Gasteiger partial charge in [-0.15, -0.1) is 0 Å². The van der Waals surface area contributed by atoms with Gasteiger partial charge in [-0.3, -0.25) is 9.59 Å². The van der Waals surface area contributed by atoms with Crippen LogP contribution < -0.4 is 10.6 Å². The van der Waals surface area contributed by atoms with E-state index in [0.717, 1.165) is 23.3 Å². The van der Waals surface area contributed by atoms with Gasteiger partial charge < -0.3 is 25.2 Å². The van der Waals surface area contributed by atoms with Gasteiger partial charge >= 0.3 is 12.1 Å². The van der Waals surface area contributed by atoms with Gasteiger partial charge in [-0.2, -0.15) is 13.2 Å². The van der Waals surface area contributed by atoms with Crippen molar-refractivity contribution >= 4 is 46.0 Å². The maximum absolute atomic E-state index is 13.4. The van der Waals surface area contributed by atoms with Crippen LogP contribution in [-0.2, 0) is 24.6 Å². The van der Waals surface area contributed by atoms with Crippen LogP contribution in [0.15, 0.2) is 127 Å². The van der Waals surface area contributed by atoms with Crippen molar-refractivity contribution in [2.45, 2.75) is 18.8 Å². The van der Waals surface area contributed by atoms with E-state index in [1.165, 1.54) is 21.6 Å². The van der Waals surface area contributed by atoms with Crippen LogP contribution in [0.4, 0.5) is 18.9 Å². The van der Waals surface area contributed by atoms with Crippen LogP contribution in [0.3, 0.4) is 0 Å². The van der Waals surface area contributed by atoms with Gasteiger partial charge in [-0.05, 0) is 58.7 Å². The molecule has 1 unspecified atom stereocenters. The molecule has 1 heterocycles. The van der Waals surface area contributed by atoms with Crippen LogP contribution in [0.5, 0.6) is 0 Å². The third-order valence-electron chi connectivity index (χ3n) is 8.76. The lowest BCUT2D eigenvalue weighted by molar-refractivity contribution is -0.137. The number of aromatic nitrogens is 1. The fraction of sp³-hybridized carbons (Fsp3) is 0.146. The maximum atomic E-state index is 13.4. The molecule has 8 nitrogen and oxygen atoms in total. The number of hydrogen-bond donors (Lipinski definition) is 2. The van der Waals surface area contributed by atoms with E-state index in [1.54, 1.807) is 68.5 Å². The van der Waals surface area contributed by atoms with Crippen LogP contribution in [0.1, 0.15) is 43.6 Å². The van der Waals surface area contributed by atoms with Crippen molar-refractivity contribution in [1.82, 2.24) is 9.47 Å². The summed E-state index contributed by atoms with van der Waals surface area (Å²) >= 11 is 6.30. The Morgan fingerprint density at radius 3 is 2.02 bits per heavy atom. The highest BCUT2D eigenvalue weighted by Gasteiger charge is 2.30. The molecule has 3 N–H and O–H groups in total. The third kappa shape index (κ3) is 8.60. The number of nitrogens with two attached hydrogens (primary N) is 1. The van der Waals surface area contributed by atoms with E-state index in [2.05, 4.69) is 0 Å². The van der Waals surface area contributed by atoms with Crippen molar-refractivity contribution in [2.24, 2.45) is 12.8 Å².